The first-order chi connectivity index (χ1) is 12.8. The summed E-state index contributed by atoms with van der Waals surface area (Å²) in [4.78, 5) is 25.4. The van der Waals surface area contributed by atoms with Gasteiger partial charge in [0.2, 0.25) is 5.91 Å². The van der Waals surface area contributed by atoms with E-state index in [0.29, 0.717) is 16.3 Å². The average molecular weight is 389 g/mol. The van der Waals surface area contributed by atoms with Crippen LogP contribution in [0.5, 0.6) is 5.75 Å². The number of nitrogens with one attached hydrogen (secondary N) is 2. The number of methoxy groups -OCH3 is 1. The van der Waals surface area contributed by atoms with Gasteiger partial charge < -0.3 is 15.4 Å². The number of rotatable bonds is 7. The van der Waals surface area contributed by atoms with Crippen LogP contribution in [0.1, 0.15) is 42.7 Å². The van der Waals surface area contributed by atoms with Crippen molar-refractivity contribution >= 4 is 23.4 Å². The fraction of sp³-hybridized carbons (Fsp3) is 0.333. The topological polar surface area (TPSA) is 67.4 Å². The molecule has 0 aliphatic heterocycles. The van der Waals surface area contributed by atoms with Gasteiger partial charge in [-0.05, 0) is 31.0 Å². The third-order valence-corrected chi connectivity index (χ3v) is 4.65. The summed E-state index contributed by atoms with van der Waals surface area (Å²) in [7, 11) is 1.59. The van der Waals surface area contributed by atoms with E-state index in [1.54, 1.807) is 31.4 Å². The Morgan fingerprint density at radius 1 is 0.963 bits per heavy atom. The van der Waals surface area contributed by atoms with Crippen LogP contribution in [0.2, 0.25) is 5.02 Å². The Hall–Kier alpha value is -2.53. The summed E-state index contributed by atoms with van der Waals surface area (Å²) >= 11 is 6.08. The van der Waals surface area contributed by atoms with Gasteiger partial charge in [-0.3, -0.25) is 9.59 Å². The number of carbonyl (C=O) groups excluding carboxylic acids is 2. The van der Waals surface area contributed by atoms with Crippen LogP contribution in [-0.2, 0) is 4.79 Å². The van der Waals surface area contributed by atoms with E-state index in [1.165, 1.54) is 0 Å². The van der Waals surface area contributed by atoms with Crippen LogP contribution in [0.15, 0.2) is 48.5 Å². The fourth-order valence-electron chi connectivity index (χ4n) is 2.80. The van der Waals surface area contributed by atoms with Gasteiger partial charge in [0.05, 0.1) is 23.7 Å². The number of carbonyl (C=O) groups is 2. The zero-order valence-electron chi connectivity index (χ0n) is 16.0. The number of ether oxygens (including phenoxy) is 1. The Balaban J connectivity index is 2.13. The molecule has 2 rings (SSSR count). The van der Waals surface area contributed by atoms with Crippen molar-refractivity contribution in [2.75, 3.05) is 7.11 Å². The van der Waals surface area contributed by atoms with Crippen LogP contribution in [-0.4, -0.2) is 25.0 Å². The van der Waals surface area contributed by atoms with Crippen molar-refractivity contribution < 1.29 is 14.3 Å². The van der Waals surface area contributed by atoms with Gasteiger partial charge in [0, 0.05) is 5.56 Å². The number of benzene rings is 2. The van der Waals surface area contributed by atoms with Crippen molar-refractivity contribution in [1.29, 1.82) is 0 Å². The largest absolute Gasteiger partial charge is 0.496 e. The summed E-state index contributed by atoms with van der Waals surface area (Å²) in [5.74, 6) is -0.0315. The minimum absolute atomic E-state index is 0.0960. The van der Waals surface area contributed by atoms with Gasteiger partial charge >= 0.3 is 0 Å². The van der Waals surface area contributed by atoms with Crippen LogP contribution in [0, 0.1) is 5.92 Å². The van der Waals surface area contributed by atoms with E-state index in [4.69, 9.17) is 16.3 Å². The molecule has 144 valence electrons. The lowest BCUT2D eigenvalue weighted by molar-refractivity contribution is -0.124. The molecule has 0 aromatic heterocycles. The second-order valence-electron chi connectivity index (χ2n) is 6.65. The smallest absolute Gasteiger partial charge is 0.253 e. The van der Waals surface area contributed by atoms with Crippen molar-refractivity contribution in [2.24, 2.45) is 5.92 Å². The summed E-state index contributed by atoms with van der Waals surface area (Å²) in [6.45, 7) is 5.64. The molecule has 2 unspecified atom stereocenters. The summed E-state index contributed by atoms with van der Waals surface area (Å²) in [6, 6.07) is 13.3. The highest BCUT2D eigenvalue weighted by Gasteiger charge is 2.27. The molecule has 0 spiro atoms. The average Bonchev–Trinajstić information content (AvgIpc) is 2.65. The first-order valence-electron chi connectivity index (χ1n) is 8.83. The van der Waals surface area contributed by atoms with E-state index in [9.17, 15) is 9.59 Å². The number of para-hydroxylation sites is 1. The van der Waals surface area contributed by atoms with Gasteiger partial charge in [-0.25, -0.2) is 0 Å². The maximum Gasteiger partial charge on any atom is 0.253 e. The van der Waals surface area contributed by atoms with Gasteiger partial charge in [0.25, 0.3) is 5.91 Å². The number of hydrogen-bond donors (Lipinski definition) is 2. The Kier molecular flexibility index (Phi) is 7.25. The van der Waals surface area contributed by atoms with Gasteiger partial charge in [-0.15, -0.1) is 0 Å². The molecule has 2 aromatic rings. The van der Waals surface area contributed by atoms with Crippen molar-refractivity contribution in [3.63, 3.8) is 0 Å². The van der Waals surface area contributed by atoms with Crippen LogP contribution in [0.25, 0.3) is 0 Å². The zero-order chi connectivity index (χ0) is 20.0. The van der Waals surface area contributed by atoms with Gasteiger partial charge in [-0.2, -0.15) is 0 Å². The molecule has 2 N–H and O–H groups in total. The number of amides is 2. The normalized spacial score (nSPS) is 13.0. The van der Waals surface area contributed by atoms with Crippen molar-refractivity contribution in [3.8, 4) is 5.75 Å². The van der Waals surface area contributed by atoms with Crippen LogP contribution in [0.4, 0.5) is 0 Å². The lowest BCUT2D eigenvalue weighted by Crippen LogP contribution is -2.50. The maximum atomic E-state index is 12.8. The number of halogens is 1. The molecule has 0 aliphatic carbocycles. The Morgan fingerprint density at radius 3 is 2.22 bits per heavy atom. The predicted octanol–water partition coefficient (Wildman–Crippen LogP) is 3.98. The monoisotopic (exact) mass is 388 g/mol. The summed E-state index contributed by atoms with van der Waals surface area (Å²) in [6.07, 6.45) is 0. The summed E-state index contributed by atoms with van der Waals surface area (Å²) < 4.78 is 5.36. The standard InChI is InChI=1S/C21H25ClN2O3/c1-13(2)19(24-20(25)16-10-5-7-11-17(16)22)21(26)23-14(3)15-9-6-8-12-18(15)27-4/h5-14,19H,1-4H3,(H,23,26)(H,24,25). The van der Waals surface area contributed by atoms with Gasteiger partial charge in [-0.1, -0.05) is 55.8 Å². The highest BCUT2D eigenvalue weighted by Crippen LogP contribution is 2.24. The molecule has 0 saturated carbocycles. The van der Waals surface area contributed by atoms with Gasteiger partial charge in [0.15, 0.2) is 0 Å². The predicted molar refractivity (Wildman–Crippen MR) is 107 cm³/mol. The van der Waals surface area contributed by atoms with E-state index in [-0.39, 0.29) is 23.8 Å². The van der Waals surface area contributed by atoms with E-state index in [2.05, 4.69) is 10.6 Å². The Morgan fingerprint density at radius 2 is 1.59 bits per heavy atom. The van der Waals surface area contributed by atoms with Crippen molar-refractivity contribution in [1.82, 2.24) is 10.6 Å². The highest BCUT2D eigenvalue weighted by atomic mass is 35.5. The molecule has 0 radical (unpaired) electrons. The summed E-state index contributed by atoms with van der Waals surface area (Å²) in [5.41, 5.74) is 1.21. The molecule has 0 saturated heterocycles. The molecule has 0 bridgehead atoms. The molecule has 2 amide bonds. The third-order valence-electron chi connectivity index (χ3n) is 4.32. The van der Waals surface area contributed by atoms with Crippen molar-refractivity contribution in [2.45, 2.75) is 32.9 Å². The Bertz CT molecular complexity index is 808. The Labute approximate surface area is 165 Å². The second-order valence-corrected chi connectivity index (χ2v) is 7.05. The molecule has 0 fully saturated rings. The SMILES string of the molecule is COc1ccccc1C(C)NC(=O)C(NC(=O)c1ccccc1Cl)C(C)C. The van der Waals surface area contributed by atoms with Crippen LogP contribution in [0.3, 0.4) is 0 Å². The van der Waals surface area contributed by atoms with E-state index >= 15 is 0 Å². The molecule has 2 atom stereocenters. The molecular weight excluding hydrogens is 364 g/mol. The van der Waals surface area contributed by atoms with Crippen molar-refractivity contribution in [3.05, 3.63) is 64.7 Å². The minimum Gasteiger partial charge on any atom is -0.496 e. The van der Waals surface area contributed by atoms with Gasteiger partial charge in [0.1, 0.15) is 11.8 Å². The molecule has 6 heteroatoms. The fourth-order valence-corrected chi connectivity index (χ4v) is 3.03. The summed E-state index contributed by atoms with van der Waals surface area (Å²) in [5, 5.41) is 6.10. The minimum atomic E-state index is -0.689. The molecule has 0 heterocycles. The van der Waals surface area contributed by atoms with Crippen LogP contribution >= 0.6 is 11.6 Å². The van der Waals surface area contributed by atoms with E-state index < -0.39 is 6.04 Å². The van der Waals surface area contributed by atoms with E-state index in [1.807, 2.05) is 45.0 Å². The lowest BCUT2D eigenvalue weighted by Gasteiger charge is -2.25. The molecule has 27 heavy (non-hydrogen) atoms. The quantitative estimate of drug-likeness (QED) is 0.753. The molecule has 5 nitrogen and oxygen atoms in total. The third kappa shape index (κ3) is 5.23. The first-order valence-corrected chi connectivity index (χ1v) is 9.21. The second kappa shape index (κ2) is 9.42. The molecule has 0 aliphatic rings. The lowest BCUT2D eigenvalue weighted by atomic mass is 10.0. The maximum absolute atomic E-state index is 12.8. The number of hydrogen-bond acceptors (Lipinski definition) is 3. The molecule has 2 aromatic carbocycles. The first kappa shape index (κ1) is 20.8. The van der Waals surface area contributed by atoms with E-state index in [0.717, 1.165) is 5.56 Å². The highest BCUT2D eigenvalue weighted by molar-refractivity contribution is 6.33. The molecular formula is C21H25ClN2O3. The van der Waals surface area contributed by atoms with Crippen LogP contribution < -0.4 is 15.4 Å². The zero-order valence-corrected chi connectivity index (χ0v) is 16.7.